The quantitative estimate of drug-likeness (QED) is 0.783. The molecule has 0 saturated heterocycles. The predicted molar refractivity (Wildman–Crippen MR) is 76.1 cm³/mol. The first kappa shape index (κ1) is 15.6. The van der Waals surface area contributed by atoms with E-state index in [0.29, 0.717) is 6.42 Å². The van der Waals surface area contributed by atoms with E-state index in [-0.39, 0.29) is 0 Å². The molecule has 0 aromatic carbocycles. The van der Waals surface area contributed by atoms with Crippen molar-refractivity contribution in [3.8, 4) is 0 Å². The van der Waals surface area contributed by atoms with Gasteiger partial charge >= 0.3 is 5.97 Å². The van der Waals surface area contributed by atoms with Crippen LogP contribution in [-0.4, -0.2) is 41.1 Å². The average Bonchev–Trinajstić information content (AvgIpc) is 2.37. The molecule has 1 aromatic rings. The van der Waals surface area contributed by atoms with Gasteiger partial charge in [-0.15, -0.1) is 0 Å². The number of carbonyl (C=O) groups is 1. The first-order chi connectivity index (χ1) is 8.92. The van der Waals surface area contributed by atoms with Gasteiger partial charge in [-0.25, -0.2) is 0 Å². The molecule has 0 aliphatic rings. The van der Waals surface area contributed by atoms with Crippen molar-refractivity contribution in [2.45, 2.75) is 33.1 Å². The van der Waals surface area contributed by atoms with E-state index in [2.05, 4.69) is 16.9 Å². The number of nitrogens with zero attached hydrogens (tertiary/aromatic N) is 2. The summed E-state index contributed by atoms with van der Waals surface area (Å²) in [6.07, 6.45) is 4.35. The zero-order valence-electron chi connectivity index (χ0n) is 12.1. The number of aromatic nitrogens is 1. The number of hydrogen-bond donors (Lipinski definition) is 1. The largest absolute Gasteiger partial charge is 0.481 e. The second kappa shape index (κ2) is 7.24. The molecular weight excluding hydrogens is 240 g/mol. The van der Waals surface area contributed by atoms with Gasteiger partial charge in [0.25, 0.3) is 0 Å². The van der Waals surface area contributed by atoms with Gasteiger partial charge in [0, 0.05) is 24.9 Å². The number of pyridine rings is 1. The molecule has 1 heterocycles. The SMILES string of the molecule is CN(CCCC(C)(C)C(=O)O)CCc1ccccn1. The molecule has 0 unspecified atom stereocenters. The van der Waals surface area contributed by atoms with Crippen LogP contribution in [-0.2, 0) is 11.2 Å². The molecule has 1 rings (SSSR count). The van der Waals surface area contributed by atoms with Gasteiger partial charge in [-0.2, -0.15) is 0 Å². The molecule has 0 aliphatic carbocycles. The molecule has 1 N–H and O–H groups in total. The number of carboxylic acids is 1. The van der Waals surface area contributed by atoms with Gasteiger partial charge in [-0.1, -0.05) is 6.07 Å². The Bertz CT molecular complexity index is 390. The Balaban J connectivity index is 2.22. The van der Waals surface area contributed by atoms with Crippen molar-refractivity contribution < 1.29 is 9.90 Å². The standard InChI is InChI=1S/C15H24N2O2/c1-15(2,14(18)19)9-6-11-17(3)12-8-13-7-4-5-10-16-13/h4-5,7,10H,6,8-9,11-12H2,1-3H3,(H,18,19). The average molecular weight is 264 g/mol. The van der Waals surface area contributed by atoms with Crippen molar-refractivity contribution in [1.29, 1.82) is 0 Å². The molecular formula is C15H24N2O2. The first-order valence-corrected chi connectivity index (χ1v) is 6.73. The second-order valence-electron chi connectivity index (χ2n) is 5.67. The summed E-state index contributed by atoms with van der Waals surface area (Å²) in [5.41, 5.74) is 0.474. The van der Waals surface area contributed by atoms with E-state index >= 15 is 0 Å². The highest BCUT2D eigenvalue weighted by molar-refractivity contribution is 5.73. The van der Waals surface area contributed by atoms with Crippen LogP contribution in [0.5, 0.6) is 0 Å². The van der Waals surface area contributed by atoms with Crippen LogP contribution in [0.4, 0.5) is 0 Å². The monoisotopic (exact) mass is 264 g/mol. The molecule has 0 saturated carbocycles. The summed E-state index contributed by atoms with van der Waals surface area (Å²) in [6, 6.07) is 5.94. The Morgan fingerprint density at radius 2 is 2.11 bits per heavy atom. The molecule has 0 aliphatic heterocycles. The second-order valence-corrected chi connectivity index (χ2v) is 5.67. The molecule has 0 fully saturated rings. The highest BCUT2D eigenvalue weighted by atomic mass is 16.4. The van der Waals surface area contributed by atoms with Crippen LogP contribution >= 0.6 is 0 Å². The van der Waals surface area contributed by atoms with Crippen molar-refractivity contribution in [3.05, 3.63) is 30.1 Å². The van der Waals surface area contributed by atoms with Crippen LogP contribution in [0.3, 0.4) is 0 Å². The van der Waals surface area contributed by atoms with E-state index in [9.17, 15) is 4.79 Å². The number of carboxylic acid groups (broad SMARTS) is 1. The predicted octanol–water partition coefficient (Wildman–Crippen LogP) is 2.45. The topological polar surface area (TPSA) is 53.4 Å². The van der Waals surface area contributed by atoms with E-state index in [0.717, 1.165) is 31.6 Å². The Morgan fingerprint density at radius 3 is 2.68 bits per heavy atom. The van der Waals surface area contributed by atoms with E-state index in [1.54, 1.807) is 13.8 Å². The van der Waals surface area contributed by atoms with Crippen molar-refractivity contribution in [3.63, 3.8) is 0 Å². The van der Waals surface area contributed by atoms with Gasteiger partial charge in [-0.05, 0) is 52.4 Å². The Hall–Kier alpha value is -1.42. The van der Waals surface area contributed by atoms with Crippen LogP contribution in [0.15, 0.2) is 24.4 Å². The molecule has 4 heteroatoms. The minimum atomic E-state index is -0.719. The Kier molecular flexibility index (Phi) is 5.96. The van der Waals surface area contributed by atoms with Crippen molar-refractivity contribution in [2.75, 3.05) is 20.1 Å². The van der Waals surface area contributed by atoms with Gasteiger partial charge in [0.2, 0.25) is 0 Å². The van der Waals surface area contributed by atoms with Crippen LogP contribution < -0.4 is 0 Å². The Morgan fingerprint density at radius 1 is 1.37 bits per heavy atom. The third-order valence-electron chi connectivity index (χ3n) is 3.40. The zero-order valence-corrected chi connectivity index (χ0v) is 12.1. The molecule has 19 heavy (non-hydrogen) atoms. The van der Waals surface area contributed by atoms with Crippen LogP contribution in [0.2, 0.25) is 0 Å². The third kappa shape index (κ3) is 5.83. The molecule has 0 spiro atoms. The van der Waals surface area contributed by atoms with Gasteiger partial charge in [0.05, 0.1) is 5.41 Å². The molecule has 0 radical (unpaired) electrons. The lowest BCUT2D eigenvalue weighted by molar-refractivity contribution is -0.147. The molecule has 0 atom stereocenters. The highest BCUT2D eigenvalue weighted by Gasteiger charge is 2.26. The lowest BCUT2D eigenvalue weighted by Gasteiger charge is -2.21. The first-order valence-electron chi connectivity index (χ1n) is 6.73. The fourth-order valence-electron chi connectivity index (χ4n) is 1.86. The zero-order chi connectivity index (χ0) is 14.3. The maximum absolute atomic E-state index is 11.0. The highest BCUT2D eigenvalue weighted by Crippen LogP contribution is 2.22. The fourth-order valence-corrected chi connectivity index (χ4v) is 1.86. The van der Waals surface area contributed by atoms with Gasteiger partial charge in [0.15, 0.2) is 0 Å². The normalized spacial score (nSPS) is 11.8. The van der Waals surface area contributed by atoms with E-state index in [1.165, 1.54) is 0 Å². The molecule has 1 aromatic heterocycles. The van der Waals surface area contributed by atoms with E-state index < -0.39 is 11.4 Å². The van der Waals surface area contributed by atoms with Gasteiger partial charge in [-0.3, -0.25) is 9.78 Å². The minimum Gasteiger partial charge on any atom is -0.481 e. The number of rotatable bonds is 8. The third-order valence-corrected chi connectivity index (χ3v) is 3.40. The number of hydrogen-bond acceptors (Lipinski definition) is 3. The van der Waals surface area contributed by atoms with Gasteiger partial charge in [0.1, 0.15) is 0 Å². The molecule has 0 bridgehead atoms. The lowest BCUT2D eigenvalue weighted by Crippen LogP contribution is -2.27. The smallest absolute Gasteiger partial charge is 0.309 e. The van der Waals surface area contributed by atoms with Crippen molar-refractivity contribution >= 4 is 5.97 Å². The summed E-state index contributed by atoms with van der Waals surface area (Å²) in [5.74, 6) is -0.719. The van der Waals surface area contributed by atoms with Crippen LogP contribution in [0.25, 0.3) is 0 Å². The summed E-state index contributed by atoms with van der Waals surface area (Å²) in [7, 11) is 2.07. The van der Waals surface area contributed by atoms with Crippen LogP contribution in [0, 0.1) is 5.41 Å². The summed E-state index contributed by atoms with van der Waals surface area (Å²) in [5, 5.41) is 9.04. The number of aliphatic carboxylic acids is 1. The van der Waals surface area contributed by atoms with Crippen LogP contribution in [0.1, 0.15) is 32.4 Å². The lowest BCUT2D eigenvalue weighted by atomic mass is 9.88. The summed E-state index contributed by atoms with van der Waals surface area (Å²) < 4.78 is 0. The van der Waals surface area contributed by atoms with Crippen molar-refractivity contribution in [2.24, 2.45) is 5.41 Å². The summed E-state index contributed by atoms with van der Waals surface area (Å²) in [4.78, 5) is 17.5. The molecule has 106 valence electrons. The minimum absolute atomic E-state index is 0.623. The van der Waals surface area contributed by atoms with E-state index in [1.807, 2.05) is 24.4 Å². The maximum atomic E-state index is 11.0. The molecule has 4 nitrogen and oxygen atoms in total. The fraction of sp³-hybridized carbons (Fsp3) is 0.600. The number of likely N-dealkylation sites (N-methyl/N-ethyl adjacent to an activating group) is 1. The van der Waals surface area contributed by atoms with Crippen molar-refractivity contribution in [1.82, 2.24) is 9.88 Å². The van der Waals surface area contributed by atoms with Gasteiger partial charge < -0.3 is 10.0 Å². The summed E-state index contributed by atoms with van der Waals surface area (Å²) in [6.45, 7) is 5.43. The summed E-state index contributed by atoms with van der Waals surface area (Å²) >= 11 is 0. The molecule has 0 amide bonds. The maximum Gasteiger partial charge on any atom is 0.309 e. The van der Waals surface area contributed by atoms with E-state index in [4.69, 9.17) is 5.11 Å². The Labute approximate surface area is 115 Å².